The number of nitrogens with one attached hydrogen (secondary N) is 1. The molecule has 2 atom stereocenters. The maximum atomic E-state index is 12.5. The van der Waals surface area contributed by atoms with Crippen molar-refractivity contribution in [3.63, 3.8) is 0 Å². The van der Waals surface area contributed by atoms with E-state index in [2.05, 4.69) is 10.1 Å². The maximum absolute atomic E-state index is 12.5. The summed E-state index contributed by atoms with van der Waals surface area (Å²) >= 11 is 0. The lowest BCUT2D eigenvalue weighted by Gasteiger charge is -2.42. The van der Waals surface area contributed by atoms with Crippen molar-refractivity contribution in [2.45, 2.75) is 31.9 Å². The molecule has 0 aliphatic carbocycles. The molecule has 1 aliphatic heterocycles. The lowest BCUT2D eigenvalue weighted by molar-refractivity contribution is -0.0465. The zero-order valence-electron chi connectivity index (χ0n) is 13.4. The van der Waals surface area contributed by atoms with Crippen LogP contribution < -0.4 is 11.2 Å². The summed E-state index contributed by atoms with van der Waals surface area (Å²) in [4.78, 5) is 39.4. The molecule has 128 valence electrons. The number of likely N-dealkylation sites (tertiary alicyclic amines) is 1. The number of aromatic nitrogens is 3. The van der Waals surface area contributed by atoms with Gasteiger partial charge in [0.25, 0.3) is 11.5 Å². The fraction of sp³-hybridized carbons (Fsp3) is 0.467. The first kappa shape index (κ1) is 16.2. The van der Waals surface area contributed by atoms with Gasteiger partial charge < -0.3 is 14.5 Å². The highest BCUT2D eigenvalue weighted by Gasteiger charge is 2.41. The molecule has 2 aromatic rings. The Balaban J connectivity index is 1.91. The normalized spacial score (nSPS) is 24.1. The number of hydrogen-bond donors (Lipinski definition) is 2. The smallest absolute Gasteiger partial charge is 0.328 e. The van der Waals surface area contributed by atoms with Crippen LogP contribution in [0.15, 0.2) is 32.4 Å². The monoisotopic (exact) mass is 334 g/mol. The number of aromatic amines is 1. The second kappa shape index (κ2) is 5.75. The van der Waals surface area contributed by atoms with Crippen LogP contribution >= 0.6 is 0 Å². The molecule has 1 saturated heterocycles. The zero-order chi connectivity index (χ0) is 17.5. The number of nitrogens with zero attached hydrogens (tertiary/aromatic N) is 3. The van der Waals surface area contributed by atoms with Gasteiger partial charge in [0.15, 0.2) is 0 Å². The average molecular weight is 334 g/mol. The Bertz CT molecular complexity index is 878. The molecule has 1 amide bonds. The summed E-state index contributed by atoms with van der Waals surface area (Å²) in [5, 5.41) is 14.3. The van der Waals surface area contributed by atoms with Gasteiger partial charge in [0.2, 0.25) is 5.76 Å². The summed E-state index contributed by atoms with van der Waals surface area (Å²) in [5.74, 6) is -0.241. The van der Waals surface area contributed by atoms with Crippen molar-refractivity contribution in [3.05, 3.63) is 50.6 Å². The summed E-state index contributed by atoms with van der Waals surface area (Å²) in [5.41, 5.74) is -1.75. The van der Waals surface area contributed by atoms with Gasteiger partial charge in [-0.05, 0) is 20.3 Å². The molecule has 2 N–H and O–H groups in total. The van der Waals surface area contributed by atoms with Crippen LogP contribution in [0.4, 0.5) is 0 Å². The maximum Gasteiger partial charge on any atom is 0.328 e. The van der Waals surface area contributed by atoms with E-state index in [4.69, 9.17) is 4.52 Å². The van der Waals surface area contributed by atoms with E-state index in [1.54, 1.807) is 13.8 Å². The van der Waals surface area contributed by atoms with E-state index in [1.807, 2.05) is 0 Å². The Labute approximate surface area is 136 Å². The van der Waals surface area contributed by atoms with Gasteiger partial charge in [-0.2, -0.15) is 0 Å². The largest absolute Gasteiger partial charge is 0.388 e. The Morgan fingerprint density at radius 2 is 2.25 bits per heavy atom. The van der Waals surface area contributed by atoms with Crippen LogP contribution in [-0.4, -0.2) is 49.3 Å². The van der Waals surface area contributed by atoms with E-state index in [0.29, 0.717) is 12.2 Å². The quantitative estimate of drug-likeness (QED) is 0.776. The summed E-state index contributed by atoms with van der Waals surface area (Å²) in [6.07, 6.45) is 1.61. The van der Waals surface area contributed by atoms with Crippen LogP contribution in [0.1, 0.15) is 35.6 Å². The Morgan fingerprint density at radius 3 is 2.88 bits per heavy atom. The number of aliphatic hydroxyl groups is 1. The Hall–Kier alpha value is -2.68. The third-order valence-electron chi connectivity index (χ3n) is 4.31. The van der Waals surface area contributed by atoms with Gasteiger partial charge in [-0.25, -0.2) is 4.79 Å². The molecule has 9 heteroatoms. The molecular formula is C15H18N4O5. The minimum atomic E-state index is -1.20. The van der Waals surface area contributed by atoms with Gasteiger partial charge in [0.05, 0.1) is 17.3 Å². The van der Waals surface area contributed by atoms with Crippen molar-refractivity contribution in [1.82, 2.24) is 19.6 Å². The number of aryl methyl sites for hydroxylation is 1. The molecular weight excluding hydrogens is 316 g/mol. The predicted molar refractivity (Wildman–Crippen MR) is 82.7 cm³/mol. The van der Waals surface area contributed by atoms with Crippen LogP contribution in [0.3, 0.4) is 0 Å². The van der Waals surface area contributed by atoms with Crippen molar-refractivity contribution >= 4 is 5.91 Å². The third-order valence-corrected chi connectivity index (χ3v) is 4.31. The van der Waals surface area contributed by atoms with Crippen LogP contribution in [-0.2, 0) is 0 Å². The minimum absolute atomic E-state index is 0.109. The topological polar surface area (TPSA) is 121 Å². The summed E-state index contributed by atoms with van der Waals surface area (Å²) in [7, 11) is 0. The lowest BCUT2D eigenvalue weighted by atomic mass is 9.88. The minimum Gasteiger partial charge on any atom is -0.388 e. The van der Waals surface area contributed by atoms with E-state index in [9.17, 15) is 19.5 Å². The zero-order valence-corrected chi connectivity index (χ0v) is 13.4. The average Bonchev–Trinajstić information content (AvgIpc) is 2.94. The molecule has 0 spiro atoms. The molecule has 9 nitrogen and oxygen atoms in total. The molecule has 0 unspecified atom stereocenters. The van der Waals surface area contributed by atoms with E-state index in [1.165, 1.54) is 27.8 Å². The van der Waals surface area contributed by atoms with Crippen LogP contribution in [0.25, 0.3) is 0 Å². The first-order chi connectivity index (χ1) is 11.3. The second-order valence-electron chi connectivity index (χ2n) is 6.22. The van der Waals surface area contributed by atoms with Crippen molar-refractivity contribution in [3.8, 4) is 0 Å². The van der Waals surface area contributed by atoms with Gasteiger partial charge in [0.1, 0.15) is 0 Å². The van der Waals surface area contributed by atoms with Crippen LogP contribution in [0, 0.1) is 6.92 Å². The molecule has 0 saturated carbocycles. The van der Waals surface area contributed by atoms with E-state index in [-0.39, 0.29) is 24.6 Å². The number of amides is 1. The first-order valence-electron chi connectivity index (χ1n) is 7.54. The van der Waals surface area contributed by atoms with Gasteiger partial charge in [-0.15, -0.1) is 0 Å². The van der Waals surface area contributed by atoms with Crippen molar-refractivity contribution in [2.75, 3.05) is 13.1 Å². The number of rotatable bonds is 2. The number of carbonyl (C=O) groups is 1. The van der Waals surface area contributed by atoms with Crippen LogP contribution in [0.2, 0.25) is 0 Å². The number of H-pyrrole nitrogens is 1. The van der Waals surface area contributed by atoms with Gasteiger partial charge in [0, 0.05) is 31.4 Å². The fourth-order valence-electron chi connectivity index (χ4n) is 2.89. The predicted octanol–water partition coefficient (Wildman–Crippen LogP) is -0.329. The van der Waals surface area contributed by atoms with Crippen LogP contribution in [0.5, 0.6) is 0 Å². The molecule has 2 aromatic heterocycles. The molecule has 3 heterocycles. The Morgan fingerprint density at radius 1 is 1.50 bits per heavy atom. The molecule has 1 aliphatic rings. The fourth-order valence-corrected chi connectivity index (χ4v) is 2.89. The molecule has 1 fully saturated rings. The highest BCUT2D eigenvalue weighted by molar-refractivity contribution is 5.91. The third kappa shape index (κ3) is 2.90. The molecule has 24 heavy (non-hydrogen) atoms. The van der Waals surface area contributed by atoms with Crippen molar-refractivity contribution in [1.29, 1.82) is 0 Å². The second-order valence-corrected chi connectivity index (χ2v) is 6.22. The lowest BCUT2D eigenvalue weighted by Crippen LogP contribution is -2.54. The van der Waals surface area contributed by atoms with Crippen molar-refractivity contribution in [2.24, 2.45) is 0 Å². The van der Waals surface area contributed by atoms with E-state index >= 15 is 0 Å². The SMILES string of the molecule is Cc1cc(C(=O)N2CC[C@@](C)(O)[C@H](n3ccc(=O)[nH]c3=O)C2)on1. The summed E-state index contributed by atoms with van der Waals surface area (Å²) in [6.45, 7) is 3.75. The van der Waals surface area contributed by atoms with E-state index in [0.717, 1.165) is 0 Å². The van der Waals surface area contributed by atoms with Gasteiger partial charge in [-0.1, -0.05) is 5.16 Å². The molecule has 0 radical (unpaired) electrons. The van der Waals surface area contributed by atoms with E-state index < -0.39 is 22.9 Å². The van der Waals surface area contributed by atoms with Crippen molar-refractivity contribution < 1.29 is 14.4 Å². The number of carbonyl (C=O) groups excluding carboxylic acids is 1. The number of piperidine rings is 1. The van der Waals surface area contributed by atoms with Gasteiger partial charge >= 0.3 is 5.69 Å². The molecule has 3 rings (SSSR count). The summed E-state index contributed by atoms with van der Waals surface area (Å²) in [6, 6.07) is 2.05. The molecule has 0 aromatic carbocycles. The summed E-state index contributed by atoms with van der Waals surface area (Å²) < 4.78 is 6.23. The van der Waals surface area contributed by atoms with Gasteiger partial charge in [-0.3, -0.25) is 19.1 Å². The number of hydrogen-bond acceptors (Lipinski definition) is 6. The standard InChI is InChI=1S/C15H18N4O5/c1-9-7-10(24-17-9)13(21)18-6-4-15(2,23)11(8-18)19-5-3-12(20)16-14(19)22/h3,5,7,11,23H,4,6,8H2,1-2H3,(H,16,20,22)/t11-,15-/m1/s1. The molecule has 0 bridgehead atoms. The highest BCUT2D eigenvalue weighted by atomic mass is 16.5. The first-order valence-corrected chi connectivity index (χ1v) is 7.54. The highest BCUT2D eigenvalue weighted by Crippen LogP contribution is 2.31. The Kier molecular flexibility index (Phi) is 3.88.